The first-order valence-electron chi connectivity index (χ1n) is 5.70. The number of rotatable bonds is 4. The molecule has 1 aromatic carbocycles. The molecule has 0 unspecified atom stereocenters. The van der Waals surface area contributed by atoms with Crippen molar-refractivity contribution in [1.29, 1.82) is 0 Å². The molecule has 0 bridgehead atoms. The number of carbonyl (C=O) groups excluding carboxylic acids is 1. The summed E-state index contributed by atoms with van der Waals surface area (Å²) in [5.41, 5.74) is 1.22. The van der Waals surface area contributed by atoms with Crippen LogP contribution in [0.4, 0.5) is 0 Å². The van der Waals surface area contributed by atoms with Crippen LogP contribution in [0.1, 0.15) is 17.4 Å². The molecule has 0 radical (unpaired) electrons. The molecule has 3 nitrogen and oxygen atoms in total. The van der Waals surface area contributed by atoms with Crippen molar-refractivity contribution in [2.75, 3.05) is 6.61 Å². The van der Waals surface area contributed by atoms with Crippen LogP contribution < -0.4 is 0 Å². The molecule has 2 rings (SSSR count). The van der Waals surface area contributed by atoms with Gasteiger partial charge in [0.1, 0.15) is 11.6 Å². The van der Waals surface area contributed by atoms with Crippen molar-refractivity contribution >= 4 is 28.9 Å². The Morgan fingerprint density at radius 3 is 3.11 bits per heavy atom. The van der Waals surface area contributed by atoms with Gasteiger partial charge in [0.05, 0.1) is 0 Å². The predicted molar refractivity (Wildman–Crippen MR) is 77.7 cm³/mol. The summed E-state index contributed by atoms with van der Waals surface area (Å²) in [6.07, 6.45) is 3.59. The molecule has 0 saturated carbocycles. The normalized spacial score (nSPS) is 10.8. The fourth-order valence-electron chi connectivity index (χ4n) is 1.42. The van der Waals surface area contributed by atoms with Gasteiger partial charge in [-0.05, 0) is 19.1 Å². The second-order valence-corrected chi connectivity index (χ2v) is 5.01. The molecule has 98 valence electrons. The summed E-state index contributed by atoms with van der Waals surface area (Å²) < 4.78 is 5.03. The first kappa shape index (κ1) is 13.8. The van der Waals surface area contributed by atoms with E-state index in [0.29, 0.717) is 10.7 Å². The molecule has 0 atom stereocenters. The molecule has 19 heavy (non-hydrogen) atoms. The molecule has 2 aromatic rings. The van der Waals surface area contributed by atoms with Crippen LogP contribution in [0.15, 0.2) is 41.8 Å². The lowest BCUT2D eigenvalue weighted by Gasteiger charge is -1.98. The van der Waals surface area contributed by atoms with E-state index in [-0.39, 0.29) is 6.61 Å². The van der Waals surface area contributed by atoms with Crippen LogP contribution in [0, 0.1) is 0 Å². The van der Waals surface area contributed by atoms with Gasteiger partial charge in [0.15, 0.2) is 5.69 Å². The summed E-state index contributed by atoms with van der Waals surface area (Å²) in [7, 11) is 0. The Bertz CT molecular complexity index is 607. The lowest BCUT2D eigenvalue weighted by Crippen LogP contribution is -2.05. The van der Waals surface area contributed by atoms with Gasteiger partial charge in [0, 0.05) is 16.0 Å². The minimum absolute atomic E-state index is 0.263. The molecule has 0 amide bonds. The van der Waals surface area contributed by atoms with E-state index in [4.69, 9.17) is 16.3 Å². The van der Waals surface area contributed by atoms with Crippen LogP contribution in [-0.2, 0) is 4.74 Å². The maximum atomic E-state index is 11.7. The van der Waals surface area contributed by atoms with Crippen LogP contribution in [0.5, 0.6) is 0 Å². The highest BCUT2D eigenvalue weighted by atomic mass is 35.5. The molecule has 5 heteroatoms. The summed E-state index contributed by atoms with van der Waals surface area (Å²) in [6.45, 7) is 2.13. The van der Waals surface area contributed by atoms with E-state index in [1.165, 1.54) is 11.3 Å². The van der Waals surface area contributed by atoms with Crippen LogP contribution in [-0.4, -0.2) is 17.6 Å². The van der Waals surface area contributed by atoms with E-state index in [1.807, 2.05) is 31.2 Å². The molecule has 0 fully saturated rings. The summed E-state index contributed by atoms with van der Waals surface area (Å²) >= 11 is 7.32. The van der Waals surface area contributed by atoms with Crippen molar-refractivity contribution in [3.63, 3.8) is 0 Å². The zero-order chi connectivity index (χ0) is 13.7. The fourth-order valence-corrected chi connectivity index (χ4v) is 2.39. The molecular formula is C14H12ClNO2S. The van der Waals surface area contributed by atoms with E-state index in [1.54, 1.807) is 17.5 Å². The minimum atomic E-state index is -0.414. The smallest absolute Gasteiger partial charge is 0.358 e. The standard InChI is InChI=1S/C14H12ClNO2S/c1-2-3-7-18-14(17)12-9-19-13(16-12)10-5-4-6-11(15)8-10/h2-6,8-9H,7H2,1H3/b3-2+. The Hall–Kier alpha value is -1.65. The molecule has 0 aliphatic heterocycles. The number of nitrogens with zero attached hydrogens (tertiary/aromatic N) is 1. The number of aromatic nitrogens is 1. The van der Waals surface area contributed by atoms with E-state index >= 15 is 0 Å². The van der Waals surface area contributed by atoms with Crippen LogP contribution >= 0.6 is 22.9 Å². The summed E-state index contributed by atoms with van der Waals surface area (Å²) in [4.78, 5) is 16.0. The summed E-state index contributed by atoms with van der Waals surface area (Å²) in [6, 6.07) is 7.36. The van der Waals surface area contributed by atoms with Gasteiger partial charge < -0.3 is 4.74 Å². The van der Waals surface area contributed by atoms with E-state index in [2.05, 4.69) is 4.98 Å². The van der Waals surface area contributed by atoms with Gasteiger partial charge in [0.25, 0.3) is 0 Å². The number of thiazole rings is 1. The van der Waals surface area contributed by atoms with Gasteiger partial charge in [-0.15, -0.1) is 11.3 Å². The first-order chi connectivity index (χ1) is 9.20. The third kappa shape index (κ3) is 3.66. The average molecular weight is 294 g/mol. The van der Waals surface area contributed by atoms with Gasteiger partial charge in [-0.25, -0.2) is 9.78 Å². The monoisotopic (exact) mass is 293 g/mol. The van der Waals surface area contributed by atoms with Crippen LogP contribution in [0.2, 0.25) is 5.02 Å². The van der Waals surface area contributed by atoms with Gasteiger partial charge in [0.2, 0.25) is 0 Å². The fraction of sp³-hybridized carbons (Fsp3) is 0.143. The second-order valence-electron chi connectivity index (χ2n) is 3.72. The minimum Gasteiger partial charge on any atom is -0.457 e. The zero-order valence-electron chi connectivity index (χ0n) is 10.3. The Kier molecular flexibility index (Phi) is 4.71. The number of allylic oxidation sites excluding steroid dienone is 1. The third-order valence-electron chi connectivity index (χ3n) is 2.33. The highest BCUT2D eigenvalue weighted by Crippen LogP contribution is 2.26. The number of hydrogen-bond donors (Lipinski definition) is 0. The van der Waals surface area contributed by atoms with Gasteiger partial charge in [-0.2, -0.15) is 0 Å². The highest BCUT2D eigenvalue weighted by molar-refractivity contribution is 7.13. The first-order valence-corrected chi connectivity index (χ1v) is 6.96. The molecule has 0 saturated heterocycles. The van der Waals surface area contributed by atoms with Gasteiger partial charge >= 0.3 is 5.97 Å². The number of carbonyl (C=O) groups is 1. The lowest BCUT2D eigenvalue weighted by molar-refractivity contribution is 0.0543. The van der Waals surface area contributed by atoms with Crippen molar-refractivity contribution in [3.05, 3.63) is 52.5 Å². The molecule has 0 spiro atoms. The second kappa shape index (κ2) is 6.50. The predicted octanol–water partition coefficient (Wildman–Crippen LogP) is 4.20. The Morgan fingerprint density at radius 1 is 1.53 bits per heavy atom. The number of halogens is 1. The zero-order valence-corrected chi connectivity index (χ0v) is 11.9. The molecule has 1 aromatic heterocycles. The van der Waals surface area contributed by atoms with Crippen LogP contribution in [0.25, 0.3) is 10.6 Å². The Balaban J connectivity index is 2.12. The number of hydrogen-bond acceptors (Lipinski definition) is 4. The molecular weight excluding hydrogens is 282 g/mol. The van der Waals surface area contributed by atoms with E-state index in [0.717, 1.165) is 10.6 Å². The summed E-state index contributed by atoms with van der Waals surface area (Å²) in [5.74, 6) is -0.414. The van der Waals surface area contributed by atoms with Crippen LogP contribution in [0.3, 0.4) is 0 Å². The summed E-state index contributed by atoms with van der Waals surface area (Å²) in [5, 5.41) is 3.08. The Labute approximate surface area is 120 Å². The number of benzene rings is 1. The molecule has 1 heterocycles. The lowest BCUT2D eigenvalue weighted by atomic mass is 10.2. The van der Waals surface area contributed by atoms with Crippen molar-refractivity contribution < 1.29 is 9.53 Å². The largest absolute Gasteiger partial charge is 0.457 e. The highest BCUT2D eigenvalue weighted by Gasteiger charge is 2.12. The molecule has 0 N–H and O–H groups in total. The van der Waals surface area contributed by atoms with Crippen molar-refractivity contribution in [3.8, 4) is 10.6 Å². The van der Waals surface area contributed by atoms with E-state index < -0.39 is 5.97 Å². The quantitative estimate of drug-likeness (QED) is 0.626. The number of esters is 1. The maximum absolute atomic E-state index is 11.7. The topological polar surface area (TPSA) is 39.2 Å². The van der Waals surface area contributed by atoms with E-state index in [9.17, 15) is 4.79 Å². The maximum Gasteiger partial charge on any atom is 0.358 e. The van der Waals surface area contributed by atoms with Crippen molar-refractivity contribution in [1.82, 2.24) is 4.98 Å². The SMILES string of the molecule is C/C=C/COC(=O)c1csc(-c2cccc(Cl)c2)n1. The third-order valence-corrected chi connectivity index (χ3v) is 3.46. The van der Waals surface area contributed by atoms with Gasteiger partial charge in [-0.3, -0.25) is 0 Å². The number of ether oxygens (including phenoxy) is 1. The molecule has 0 aliphatic rings. The average Bonchev–Trinajstić information content (AvgIpc) is 2.88. The Morgan fingerprint density at radius 2 is 2.37 bits per heavy atom. The van der Waals surface area contributed by atoms with Crippen molar-refractivity contribution in [2.45, 2.75) is 6.92 Å². The van der Waals surface area contributed by atoms with Crippen molar-refractivity contribution in [2.24, 2.45) is 0 Å². The van der Waals surface area contributed by atoms with Gasteiger partial charge in [-0.1, -0.05) is 35.9 Å². The molecule has 0 aliphatic carbocycles.